The second-order valence-electron chi connectivity index (χ2n) is 5.44. The third-order valence-electron chi connectivity index (χ3n) is 0. The summed E-state index contributed by atoms with van der Waals surface area (Å²) in [5.74, 6) is 0.833. The molecule has 0 fully saturated rings. The first-order valence-electron chi connectivity index (χ1n) is 6.15. The average molecular weight is 204 g/mol. The summed E-state index contributed by atoms with van der Waals surface area (Å²) >= 11 is 0. The van der Waals surface area contributed by atoms with Crippen molar-refractivity contribution in [3.63, 3.8) is 0 Å². The number of hydrogen-bond acceptors (Lipinski definition) is 0. The summed E-state index contributed by atoms with van der Waals surface area (Å²) in [5.41, 5.74) is 0.500. The van der Waals surface area contributed by atoms with Gasteiger partial charge in [0.15, 0.2) is 0 Å². The van der Waals surface area contributed by atoms with Crippen molar-refractivity contribution in [2.75, 3.05) is 0 Å². The Morgan fingerprint density at radius 1 is 0.786 bits per heavy atom. The summed E-state index contributed by atoms with van der Waals surface area (Å²) in [7, 11) is 0. The van der Waals surface area contributed by atoms with Gasteiger partial charge in [-0.2, -0.15) is 0 Å². The van der Waals surface area contributed by atoms with Crippen LogP contribution >= 0.6 is 0 Å². The Kier molecular flexibility index (Phi) is 31.6. The minimum atomic E-state index is 0.500. The Balaban J connectivity index is -0.0000000505. The number of hydrogen-bond donors (Lipinski definition) is 0. The van der Waals surface area contributed by atoms with E-state index in [9.17, 15) is 0 Å². The normalized spacial score (nSPS) is 8.57. The van der Waals surface area contributed by atoms with E-state index < -0.39 is 0 Å². The molecular formula is C14H36. The lowest BCUT2D eigenvalue weighted by Crippen LogP contribution is -1.93. The zero-order chi connectivity index (χ0) is 12.8. The van der Waals surface area contributed by atoms with E-state index in [1.54, 1.807) is 0 Å². The maximum Gasteiger partial charge on any atom is -0.0411 e. The summed E-state index contributed by atoms with van der Waals surface area (Å²) in [6.45, 7) is 23.5. The molecule has 0 radical (unpaired) electrons. The molecule has 0 saturated heterocycles. The monoisotopic (exact) mass is 204 g/mol. The van der Waals surface area contributed by atoms with E-state index in [1.807, 2.05) is 13.8 Å². The smallest absolute Gasteiger partial charge is 0.0411 e. The third kappa shape index (κ3) is 0. The molecule has 0 rings (SSSR count). The van der Waals surface area contributed by atoms with E-state index in [0.29, 0.717) is 5.41 Å². The molecule has 0 heterocycles. The van der Waals surface area contributed by atoms with Crippen molar-refractivity contribution in [2.45, 2.75) is 82.6 Å². The van der Waals surface area contributed by atoms with Gasteiger partial charge in [0.25, 0.3) is 0 Å². The molecule has 0 aromatic heterocycles. The molecule has 0 atom stereocenters. The highest BCUT2D eigenvalue weighted by molar-refractivity contribution is 4.47. The standard InChI is InChI=1S/C5H12.C4H10.C3H8.C2H6/c1-5(2,3)4;1-4(2)3;1-3-2;1-2/h1-4H3;4H,1-3H3;3H2,1-2H3;1-2H3. The van der Waals surface area contributed by atoms with Gasteiger partial charge in [-0.15, -0.1) is 0 Å². The van der Waals surface area contributed by atoms with Crippen molar-refractivity contribution in [1.82, 2.24) is 0 Å². The van der Waals surface area contributed by atoms with Crippen LogP contribution in [0.2, 0.25) is 0 Å². The van der Waals surface area contributed by atoms with Gasteiger partial charge in [-0.3, -0.25) is 0 Å². The van der Waals surface area contributed by atoms with E-state index in [4.69, 9.17) is 0 Å². The van der Waals surface area contributed by atoms with Crippen LogP contribution in [-0.4, -0.2) is 0 Å². The van der Waals surface area contributed by atoms with Crippen LogP contribution < -0.4 is 0 Å². The molecule has 0 aliphatic rings. The molecule has 0 nitrogen and oxygen atoms in total. The lowest BCUT2D eigenvalue weighted by molar-refractivity contribution is 0.469. The summed E-state index contributed by atoms with van der Waals surface area (Å²) in [4.78, 5) is 0. The first-order valence-corrected chi connectivity index (χ1v) is 6.15. The van der Waals surface area contributed by atoms with Crippen molar-refractivity contribution in [3.05, 3.63) is 0 Å². The lowest BCUT2D eigenvalue weighted by atomic mass is 10.0. The summed E-state index contributed by atoms with van der Waals surface area (Å²) in [6, 6.07) is 0. The molecule has 0 aromatic rings. The van der Waals surface area contributed by atoms with E-state index in [1.165, 1.54) is 6.42 Å². The molecule has 14 heavy (non-hydrogen) atoms. The molecule has 0 aliphatic carbocycles. The molecule has 0 saturated carbocycles. The second kappa shape index (κ2) is 18.7. The van der Waals surface area contributed by atoms with Crippen LogP contribution in [0.25, 0.3) is 0 Å². The van der Waals surface area contributed by atoms with E-state index >= 15 is 0 Å². The quantitative estimate of drug-likeness (QED) is 0.443. The highest BCUT2D eigenvalue weighted by Gasteiger charge is 1.95. The van der Waals surface area contributed by atoms with Crippen LogP contribution in [0.15, 0.2) is 0 Å². The summed E-state index contributed by atoms with van der Waals surface area (Å²) in [6.07, 6.45) is 1.25. The largest absolute Gasteiger partial charge is 0.0683 e. The van der Waals surface area contributed by atoms with Gasteiger partial charge in [0.05, 0.1) is 0 Å². The maximum absolute atomic E-state index is 2.19. The first-order chi connectivity index (χ1) is 6.15. The molecule has 0 heteroatoms. The SMILES string of the molecule is CC.CC(C)(C)C.CC(C)C.CCC. The molecule has 92 valence electrons. The van der Waals surface area contributed by atoms with Crippen molar-refractivity contribution < 1.29 is 0 Å². The molecular weight excluding hydrogens is 168 g/mol. The predicted molar refractivity (Wildman–Crippen MR) is 73.0 cm³/mol. The zero-order valence-electron chi connectivity index (χ0n) is 12.8. The Morgan fingerprint density at radius 2 is 0.786 bits per heavy atom. The summed E-state index contributed by atoms with van der Waals surface area (Å²) < 4.78 is 0. The molecule has 0 bridgehead atoms. The van der Waals surface area contributed by atoms with Gasteiger partial charge in [0.1, 0.15) is 0 Å². The topological polar surface area (TPSA) is 0 Å². The highest BCUT2D eigenvalue weighted by atomic mass is 14.0. The Labute approximate surface area is 94.5 Å². The van der Waals surface area contributed by atoms with Gasteiger partial charge in [0.2, 0.25) is 0 Å². The fourth-order valence-corrected chi connectivity index (χ4v) is 0. The molecule has 0 unspecified atom stereocenters. The van der Waals surface area contributed by atoms with Crippen LogP contribution in [0.4, 0.5) is 0 Å². The molecule has 0 aromatic carbocycles. The van der Waals surface area contributed by atoms with Gasteiger partial charge in [-0.05, 0) is 11.3 Å². The highest BCUT2D eigenvalue weighted by Crippen LogP contribution is 2.08. The minimum Gasteiger partial charge on any atom is -0.0683 e. The fourth-order valence-electron chi connectivity index (χ4n) is 0. The maximum atomic E-state index is 2.19. The summed E-state index contributed by atoms with van der Waals surface area (Å²) in [5, 5.41) is 0. The van der Waals surface area contributed by atoms with E-state index in [-0.39, 0.29) is 0 Å². The lowest BCUT2D eigenvalue weighted by Gasteiger charge is -2.05. The molecule has 0 spiro atoms. The van der Waals surface area contributed by atoms with Gasteiger partial charge >= 0.3 is 0 Å². The van der Waals surface area contributed by atoms with Gasteiger partial charge in [0, 0.05) is 0 Å². The Morgan fingerprint density at radius 3 is 0.786 bits per heavy atom. The van der Waals surface area contributed by atoms with Gasteiger partial charge < -0.3 is 0 Å². The van der Waals surface area contributed by atoms with Crippen LogP contribution in [0.5, 0.6) is 0 Å². The average Bonchev–Trinajstić information content (AvgIpc) is 1.87. The van der Waals surface area contributed by atoms with Gasteiger partial charge in [-0.25, -0.2) is 0 Å². The van der Waals surface area contributed by atoms with Crippen molar-refractivity contribution in [3.8, 4) is 0 Å². The zero-order valence-corrected chi connectivity index (χ0v) is 12.8. The predicted octanol–water partition coefficient (Wildman–Crippen LogP) is 6.16. The Bertz CT molecular complexity index is 46.2. The van der Waals surface area contributed by atoms with Gasteiger partial charge in [-0.1, -0.05) is 82.6 Å². The Hall–Kier alpha value is 0. The minimum absolute atomic E-state index is 0.500. The van der Waals surface area contributed by atoms with Crippen LogP contribution in [0.1, 0.15) is 82.6 Å². The van der Waals surface area contributed by atoms with Crippen molar-refractivity contribution >= 4 is 0 Å². The van der Waals surface area contributed by atoms with Crippen LogP contribution in [0.3, 0.4) is 0 Å². The van der Waals surface area contributed by atoms with Crippen molar-refractivity contribution in [1.29, 1.82) is 0 Å². The van der Waals surface area contributed by atoms with Crippen LogP contribution in [0, 0.1) is 11.3 Å². The third-order valence-corrected chi connectivity index (χ3v) is 0. The second-order valence-corrected chi connectivity index (χ2v) is 5.44. The van der Waals surface area contributed by atoms with Crippen LogP contribution in [-0.2, 0) is 0 Å². The fraction of sp³-hybridized carbons (Fsp3) is 1.00. The van der Waals surface area contributed by atoms with E-state index in [2.05, 4.69) is 62.3 Å². The van der Waals surface area contributed by atoms with E-state index in [0.717, 1.165) is 5.92 Å². The molecule has 0 amide bonds. The van der Waals surface area contributed by atoms with Crippen molar-refractivity contribution in [2.24, 2.45) is 11.3 Å². The molecule has 0 aliphatic heterocycles. The number of rotatable bonds is 0. The molecule has 0 N–H and O–H groups in total. The first kappa shape index (κ1) is 23.7.